The highest BCUT2D eigenvalue weighted by molar-refractivity contribution is 9.10. The van der Waals surface area contributed by atoms with Crippen molar-refractivity contribution < 1.29 is 19.4 Å². The minimum atomic E-state index is -0.790. The number of halogens is 2. The molecule has 0 heterocycles. The largest absolute Gasteiger partial charge is 0.503 e. The fourth-order valence-electron chi connectivity index (χ4n) is 2.19. The van der Waals surface area contributed by atoms with Gasteiger partial charge >= 0.3 is 0 Å². The van der Waals surface area contributed by atoms with Crippen LogP contribution in [0.4, 0.5) is 0 Å². The lowest BCUT2D eigenvalue weighted by Crippen LogP contribution is -2.43. The molecule has 0 radical (unpaired) electrons. The molecule has 2 amide bonds. The van der Waals surface area contributed by atoms with E-state index in [1.54, 1.807) is 50.2 Å². The third kappa shape index (κ3) is 5.80. The van der Waals surface area contributed by atoms with Crippen LogP contribution in [0.2, 0.25) is 0 Å². The summed E-state index contributed by atoms with van der Waals surface area (Å²) in [4.78, 5) is 24.4. The molecule has 0 aromatic heterocycles. The Labute approximate surface area is 179 Å². The maximum atomic E-state index is 12.2. The molecule has 0 fully saturated rings. The van der Waals surface area contributed by atoms with Crippen LogP contribution in [0, 0.1) is 0 Å². The van der Waals surface area contributed by atoms with Gasteiger partial charge < -0.3 is 15.2 Å². The standard InChI is InChI=1S/C19H19Br2N3O4/c1-3-28-16-9-12(8-15(21)17(16)25)10-22-24-18(26)11(2)23-19(27)13-6-4-5-7-14(13)20/h4-11,25H,3H2,1-2H3,(H,23,27)(H,24,26)/b22-10+. The Kier molecular flexibility index (Phi) is 8.01. The van der Waals surface area contributed by atoms with Crippen LogP contribution in [-0.4, -0.2) is 35.8 Å². The van der Waals surface area contributed by atoms with E-state index in [1.165, 1.54) is 6.21 Å². The summed E-state index contributed by atoms with van der Waals surface area (Å²) < 4.78 is 6.42. The first-order valence-electron chi connectivity index (χ1n) is 8.37. The summed E-state index contributed by atoms with van der Waals surface area (Å²) in [6, 6.07) is 9.37. The van der Waals surface area contributed by atoms with Gasteiger partial charge in [0.25, 0.3) is 11.8 Å². The van der Waals surface area contributed by atoms with Crippen LogP contribution in [0.3, 0.4) is 0 Å². The lowest BCUT2D eigenvalue weighted by atomic mass is 10.2. The quantitative estimate of drug-likeness (QED) is 0.390. The molecule has 28 heavy (non-hydrogen) atoms. The Balaban J connectivity index is 1.97. The first kappa shape index (κ1) is 21.9. The molecule has 0 saturated carbocycles. The van der Waals surface area contributed by atoms with Crippen molar-refractivity contribution in [3.8, 4) is 11.5 Å². The number of phenols is 1. The van der Waals surface area contributed by atoms with E-state index in [1.807, 2.05) is 0 Å². The zero-order valence-corrected chi connectivity index (χ0v) is 18.4. The van der Waals surface area contributed by atoms with E-state index in [0.717, 1.165) is 0 Å². The van der Waals surface area contributed by atoms with Crippen molar-refractivity contribution in [1.82, 2.24) is 10.7 Å². The number of carbonyl (C=O) groups excluding carboxylic acids is 2. The number of hydrogen-bond acceptors (Lipinski definition) is 5. The third-order valence-corrected chi connectivity index (χ3v) is 4.89. The molecule has 3 N–H and O–H groups in total. The Hall–Kier alpha value is -2.39. The van der Waals surface area contributed by atoms with Crippen molar-refractivity contribution in [1.29, 1.82) is 0 Å². The summed E-state index contributed by atoms with van der Waals surface area (Å²) in [5.41, 5.74) is 3.42. The van der Waals surface area contributed by atoms with E-state index in [0.29, 0.717) is 32.4 Å². The first-order valence-corrected chi connectivity index (χ1v) is 9.95. The smallest absolute Gasteiger partial charge is 0.262 e. The summed E-state index contributed by atoms with van der Waals surface area (Å²) >= 11 is 6.54. The Morgan fingerprint density at radius 3 is 2.64 bits per heavy atom. The Morgan fingerprint density at radius 2 is 1.96 bits per heavy atom. The summed E-state index contributed by atoms with van der Waals surface area (Å²) in [5.74, 6) is -0.549. The molecule has 7 nitrogen and oxygen atoms in total. The highest BCUT2D eigenvalue weighted by Crippen LogP contribution is 2.35. The van der Waals surface area contributed by atoms with E-state index in [9.17, 15) is 14.7 Å². The van der Waals surface area contributed by atoms with Gasteiger partial charge in [-0.2, -0.15) is 5.10 Å². The van der Waals surface area contributed by atoms with Crippen molar-refractivity contribution >= 4 is 49.9 Å². The van der Waals surface area contributed by atoms with Crippen LogP contribution in [0.25, 0.3) is 0 Å². The zero-order valence-electron chi connectivity index (χ0n) is 15.2. The number of phenolic OH excluding ortho intramolecular Hbond substituents is 1. The number of aromatic hydroxyl groups is 1. The number of amides is 2. The van der Waals surface area contributed by atoms with Crippen LogP contribution < -0.4 is 15.5 Å². The third-order valence-electron chi connectivity index (χ3n) is 3.60. The number of nitrogens with one attached hydrogen (secondary N) is 2. The molecule has 9 heteroatoms. The zero-order chi connectivity index (χ0) is 20.7. The van der Waals surface area contributed by atoms with Crippen molar-refractivity contribution in [3.63, 3.8) is 0 Å². The van der Waals surface area contributed by atoms with Gasteiger partial charge in [-0.15, -0.1) is 0 Å². The van der Waals surface area contributed by atoms with Crippen LogP contribution in [0.5, 0.6) is 11.5 Å². The highest BCUT2D eigenvalue weighted by atomic mass is 79.9. The number of nitrogens with zero attached hydrogens (tertiary/aromatic N) is 1. The van der Waals surface area contributed by atoms with E-state index >= 15 is 0 Å². The molecular formula is C19H19Br2N3O4. The number of hydrazone groups is 1. The molecule has 1 atom stereocenters. The fourth-order valence-corrected chi connectivity index (χ4v) is 3.11. The van der Waals surface area contributed by atoms with Gasteiger partial charge in [-0.05, 0) is 75.5 Å². The number of carbonyl (C=O) groups is 2. The predicted octanol–water partition coefficient (Wildman–Crippen LogP) is 3.58. The molecule has 0 saturated heterocycles. The molecule has 0 spiro atoms. The predicted molar refractivity (Wildman–Crippen MR) is 114 cm³/mol. The van der Waals surface area contributed by atoms with Crippen LogP contribution in [0.15, 0.2) is 50.4 Å². The van der Waals surface area contributed by atoms with E-state index < -0.39 is 11.9 Å². The first-order chi connectivity index (χ1) is 13.3. The molecular weight excluding hydrogens is 494 g/mol. The van der Waals surface area contributed by atoms with Crippen molar-refractivity contribution in [2.75, 3.05) is 6.61 Å². The monoisotopic (exact) mass is 511 g/mol. The van der Waals surface area contributed by atoms with Crippen LogP contribution >= 0.6 is 31.9 Å². The summed E-state index contributed by atoms with van der Waals surface area (Å²) in [6.45, 7) is 3.76. The van der Waals surface area contributed by atoms with Crippen LogP contribution in [0.1, 0.15) is 29.8 Å². The minimum absolute atomic E-state index is 0.00792. The fraction of sp³-hybridized carbons (Fsp3) is 0.211. The topological polar surface area (TPSA) is 100 Å². The number of rotatable bonds is 7. The average Bonchev–Trinajstić information content (AvgIpc) is 2.66. The lowest BCUT2D eigenvalue weighted by molar-refractivity contribution is -0.122. The summed E-state index contributed by atoms with van der Waals surface area (Å²) in [6.07, 6.45) is 1.41. The molecule has 148 valence electrons. The molecule has 1 unspecified atom stereocenters. The molecule has 2 aromatic carbocycles. The molecule has 0 aliphatic heterocycles. The molecule has 0 aliphatic carbocycles. The van der Waals surface area contributed by atoms with Crippen LogP contribution in [-0.2, 0) is 4.79 Å². The van der Waals surface area contributed by atoms with Gasteiger partial charge in [-0.1, -0.05) is 12.1 Å². The number of benzene rings is 2. The van der Waals surface area contributed by atoms with Gasteiger partial charge in [0, 0.05) is 4.47 Å². The van der Waals surface area contributed by atoms with E-state index in [4.69, 9.17) is 4.74 Å². The highest BCUT2D eigenvalue weighted by Gasteiger charge is 2.17. The average molecular weight is 513 g/mol. The Morgan fingerprint density at radius 1 is 1.25 bits per heavy atom. The second-order valence-corrected chi connectivity index (χ2v) is 7.40. The van der Waals surface area contributed by atoms with E-state index in [2.05, 4.69) is 47.7 Å². The molecule has 2 rings (SSSR count). The summed E-state index contributed by atoms with van der Waals surface area (Å²) in [5, 5.41) is 16.4. The van der Waals surface area contributed by atoms with E-state index in [-0.39, 0.29) is 11.7 Å². The maximum absolute atomic E-state index is 12.2. The van der Waals surface area contributed by atoms with Gasteiger partial charge in [0.05, 0.1) is 22.9 Å². The van der Waals surface area contributed by atoms with Crippen molar-refractivity contribution in [2.45, 2.75) is 19.9 Å². The maximum Gasteiger partial charge on any atom is 0.262 e. The molecule has 0 bridgehead atoms. The van der Waals surface area contributed by atoms with Gasteiger partial charge in [-0.3, -0.25) is 9.59 Å². The van der Waals surface area contributed by atoms with Crippen molar-refractivity contribution in [2.24, 2.45) is 5.10 Å². The Bertz CT molecular complexity index is 903. The van der Waals surface area contributed by atoms with Gasteiger partial charge in [0.2, 0.25) is 0 Å². The van der Waals surface area contributed by atoms with Gasteiger partial charge in [-0.25, -0.2) is 5.43 Å². The van der Waals surface area contributed by atoms with Gasteiger partial charge in [0.1, 0.15) is 6.04 Å². The molecule has 2 aromatic rings. The normalized spacial score (nSPS) is 11.9. The molecule has 0 aliphatic rings. The van der Waals surface area contributed by atoms with Crippen molar-refractivity contribution in [3.05, 3.63) is 56.5 Å². The number of ether oxygens (including phenoxy) is 1. The number of hydrogen-bond donors (Lipinski definition) is 3. The second-order valence-electron chi connectivity index (χ2n) is 5.69. The SMILES string of the molecule is CCOc1cc(/C=N/NC(=O)C(C)NC(=O)c2ccccc2Br)cc(Br)c1O. The summed E-state index contributed by atoms with van der Waals surface area (Å²) in [7, 11) is 0. The lowest BCUT2D eigenvalue weighted by Gasteiger charge is -2.13. The minimum Gasteiger partial charge on any atom is -0.503 e. The second kappa shape index (κ2) is 10.2. The van der Waals surface area contributed by atoms with Gasteiger partial charge in [0.15, 0.2) is 11.5 Å².